The van der Waals surface area contributed by atoms with Crippen molar-refractivity contribution in [2.45, 2.75) is 18.9 Å². The number of hydrogen-bond acceptors (Lipinski definition) is 3. The molecule has 0 fully saturated rings. The van der Waals surface area contributed by atoms with Gasteiger partial charge in [0.1, 0.15) is 0 Å². The Hall–Kier alpha value is -1.45. The monoisotopic (exact) mass is 231 g/mol. The number of aromatic nitrogens is 1. The Morgan fingerprint density at radius 3 is 3.06 bits per heavy atom. The number of aliphatic hydroxyl groups is 1. The van der Waals surface area contributed by atoms with Crippen molar-refractivity contribution in [2.24, 2.45) is 0 Å². The predicted molar refractivity (Wildman–Crippen MR) is 67.9 cm³/mol. The summed E-state index contributed by atoms with van der Waals surface area (Å²) in [5, 5.41) is 10.7. The number of pyridine rings is 1. The first-order chi connectivity index (χ1) is 8.29. The van der Waals surface area contributed by atoms with Crippen LogP contribution in [0.15, 0.2) is 36.5 Å². The highest BCUT2D eigenvalue weighted by atomic mass is 16.5. The first-order valence-electron chi connectivity index (χ1n) is 5.80. The van der Waals surface area contributed by atoms with Crippen molar-refractivity contribution in [3.63, 3.8) is 0 Å². The molecule has 1 unspecified atom stereocenters. The van der Waals surface area contributed by atoms with Crippen molar-refractivity contribution in [3.8, 4) is 0 Å². The quantitative estimate of drug-likeness (QED) is 0.857. The maximum Gasteiger partial charge on any atom is 0.0776 e. The molecule has 0 aliphatic heterocycles. The zero-order chi connectivity index (χ0) is 12.1. The zero-order valence-electron chi connectivity index (χ0n) is 9.97. The molecule has 0 bridgehead atoms. The summed E-state index contributed by atoms with van der Waals surface area (Å²) < 4.78 is 4.90. The van der Waals surface area contributed by atoms with Crippen LogP contribution in [0.2, 0.25) is 0 Å². The standard InChI is InChI=1S/C14H17NO2/c1-17-10-13(16)6-4-11-5-7-14-12(9-11)3-2-8-15-14/h2-3,5,7-9,13,16H,4,6,10H2,1H3. The Balaban J connectivity index is 2.04. The third-order valence-electron chi connectivity index (χ3n) is 2.79. The van der Waals surface area contributed by atoms with Gasteiger partial charge in [0.25, 0.3) is 0 Å². The number of ether oxygens (including phenoxy) is 1. The Labute approximate surface area is 101 Å². The summed E-state index contributed by atoms with van der Waals surface area (Å²) in [6.45, 7) is 0.398. The number of aliphatic hydroxyl groups excluding tert-OH is 1. The van der Waals surface area contributed by atoms with E-state index >= 15 is 0 Å². The second-order valence-corrected chi connectivity index (χ2v) is 4.18. The van der Waals surface area contributed by atoms with Gasteiger partial charge in [0.2, 0.25) is 0 Å². The maximum absolute atomic E-state index is 9.59. The molecule has 1 atom stereocenters. The molecule has 90 valence electrons. The average Bonchev–Trinajstić information content (AvgIpc) is 2.36. The van der Waals surface area contributed by atoms with Crippen LogP contribution in [0.3, 0.4) is 0 Å². The summed E-state index contributed by atoms with van der Waals surface area (Å²) in [5.41, 5.74) is 2.23. The van der Waals surface area contributed by atoms with Crippen molar-refractivity contribution in [2.75, 3.05) is 13.7 Å². The summed E-state index contributed by atoms with van der Waals surface area (Å²) >= 11 is 0. The van der Waals surface area contributed by atoms with Crippen LogP contribution in [0.1, 0.15) is 12.0 Å². The van der Waals surface area contributed by atoms with Gasteiger partial charge < -0.3 is 9.84 Å². The van der Waals surface area contributed by atoms with E-state index in [1.54, 1.807) is 13.3 Å². The number of rotatable bonds is 5. The zero-order valence-corrected chi connectivity index (χ0v) is 9.97. The van der Waals surface area contributed by atoms with Crippen LogP contribution in [0, 0.1) is 0 Å². The lowest BCUT2D eigenvalue weighted by Gasteiger charge is -2.09. The van der Waals surface area contributed by atoms with Crippen LogP contribution in [0.25, 0.3) is 10.9 Å². The van der Waals surface area contributed by atoms with E-state index in [1.165, 1.54) is 5.56 Å². The van der Waals surface area contributed by atoms with E-state index in [-0.39, 0.29) is 6.10 Å². The van der Waals surface area contributed by atoms with Crippen LogP contribution in [-0.4, -0.2) is 29.9 Å². The van der Waals surface area contributed by atoms with E-state index in [0.717, 1.165) is 23.7 Å². The molecule has 0 radical (unpaired) electrons. The van der Waals surface area contributed by atoms with Gasteiger partial charge in [0.05, 0.1) is 18.2 Å². The number of fused-ring (bicyclic) bond motifs is 1. The largest absolute Gasteiger partial charge is 0.391 e. The van der Waals surface area contributed by atoms with Gasteiger partial charge in [-0.1, -0.05) is 12.1 Å². The number of methoxy groups -OCH3 is 1. The molecule has 1 heterocycles. The number of aryl methyl sites for hydroxylation is 1. The summed E-state index contributed by atoms with van der Waals surface area (Å²) in [4.78, 5) is 4.28. The minimum Gasteiger partial charge on any atom is -0.391 e. The van der Waals surface area contributed by atoms with Crippen LogP contribution in [0.4, 0.5) is 0 Å². The van der Waals surface area contributed by atoms with Crippen molar-refractivity contribution in [1.29, 1.82) is 0 Å². The fraction of sp³-hybridized carbons (Fsp3) is 0.357. The average molecular weight is 231 g/mol. The Bertz CT molecular complexity index is 484. The number of nitrogens with zero attached hydrogens (tertiary/aromatic N) is 1. The van der Waals surface area contributed by atoms with Gasteiger partial charge in [0.15, 0.2) is 0 Å². The third-order valence-corrected chi connectivity index (χ3v) is 2.79. The molecule has 0 saturated carbocycles. The summed E-state index contributed by atoms with van der Waals surface area (Å²) in [6.07, 6.45) is 2.99. The molecule has 0 aliphatic rings. The van der Waals surface area contributed by atoms with Gasteiger partial charge in [-0.05, 0) is 36.6 Å². The van der Waals surface area contributed by atoms with Gasteiger partial charge in [-0.15, -0.1) is 0 Å². The van der Waals surface area contributed by atoms with E-state index < -0.39 is 0 Å². The molecule has 0 saturated heterocycles. The van der Waals surface area contributed by atoms with Gasteiger partial charge in [-0.25, -0.2) is 0 Å². The Kier molecular flexibility index (Phi) is 4.07. The summed E-state index contributed by atoms with van der Waals surface area (Å²) in [6, 6.07) is 10.2. The van der Waals surface area contributed by atoms with Crippen molar-refractivity contribution in [3.05, 3.63) is 42.1 Å². The molecule has 1 aromatic carbocycles. The molecule has 0 spiro atoms. The molecule has 2 rings (SSSR count). The van der Waals surface area contributed by atoms with Crippen molar-refractivity contribution in [1.82, 2.24) is 4.98 Å². The first kappa shape index (κ1) is 12.0. The van der Waals surface area contributed by atoms with E-state index in [9.17, 15) is 5.11 Å². The molecule has 3 heteroatoms. The smallest absolute Gasteiger partial charge is 0.0776 e. The molecule has 0 amide bonds. The Morgan fingerprint density at radius 2 is 2.24 bits per heavy atom. The van der Waals surface area contributed by atoms with Gasteiger partial charge in [0, 0.05) is 18.7 Å². The molecule has 17 heavy (non-hydrogen) atoms. The van der Waals surface area contributed by atoms with Crippen molar-refractivity contribution >= 4 is 10.9 Å². The minimum atomic E-state index is -0.385. The SMILES string of the molecule is COCC(O)CCc1ccc2ncccc2c1. The molecular weight excluding hydrogens is 214 g/mol. The summed E-state index contributed by atoms with van der Waals surface area (Å²) in [5.74, 6) is 0. The minimum absolute atomic E-state index is 0.385. The molecule has 0 aliphatic carbocycles. The molecular formula is C14H17NO2. The molecule has 2 aromatic rings. The first-order valence-corrected chi connectivity index (χ1v) is 5.80. The maximum atomic E-state index is 9.59. The normalized spacial score (nSPS) is 12.8. The lowest BCUT2D eigenvalue weighted by atomic mass is 10.0. The fourth-order valence-electron chi connectivity index (χ4n) is 1.89. The van der Waals surface area contributed by atoms with Crippen LogP contribution < -0.4 is 0 Å². The van der Waals surface area contributed by atoms with Crippen LogP contribution >= 0.6 is 0 Å². The lowest BCUT2D eigenvalue weighted by Crippen LogP contribution is -2.14. The van der Waals surface area contributed by atoms with E-state index in [2.05, 4.69) is 23.2 Å². The lowest BCUT2D eigenvalue weighted by molar-refractivity contribution is 0.0595. The predicted octanol–water partition coefficient (Wildman–Crippen LogP) is 2.17. The van der Waals surface area contributed by atoms with Gasteiger partial charge in [-0.3, -0.25) is 4.98 Å². The van der Waals surface area contributed by atoms with E-state index in [1.807, 2.05) is 12.1 Å². The number of benzene rings is 1. The molecule has 3 nitrogen and oxygen atoms in total. The summed E-state index contributed by atoms with van der Waals surface area (Å²) in [7, 11) is 1.60. The second-order valence-electron chi connectivity index (χ2n) is 4.18. The highest BCUT2D eigenvalue weighted by Crippen LogP contribution is 2.15. The van der Waals surface area contributed by atoms with Crippen LogP contribution in [0.5, 0.6) is 0 Å². The topological polar surface area (TPSA) is 42.4 Å². The highest BCUT2D eigenvalue weighted by molar-refractivity contribution is 5.78. The van der Waals surface area contributed by atoms with Crippen molar-refractivity contribution < 1.29 is 9.84 Å². The van der Waals surface area contributed by atoms with E-state index in [0.29, 0.717) is 6.61 Å². The molecule has 1 N–H and O–H groups in total. The second kappa shape index (κ2) is 5.75. The van der Waals surface area contributed by atoms with Crippen LogP contribution in [-0.2, 0) is 11.2 Å². The van der Waals surface area contributed by atoms with Gasteiger partial charge in [-0.2, -0.15) is 0 Å². The third kappa shape index (κ3) is 3.25. The van der Waals surface area contributed by atoms with Gasteiger partial charge >= 0.3 is 0 Å². The Morgan fingerprint density at radius 1 is 1.35 bits per heavy atom. The number of hydrogen-bond donors (Lipinski definition) is 1. The highest BCUT2D eigenvalue weighted by Gasteiger charge is 2.04. The fourth-order valence-corrected chi connectivity index (χ4v) is 1.89. The molecule has 1 aromatic heterocycles. The van der Waals surface area contributed by atoms with E-state index in [4.69, 9.17) is 4.74 Å².